The minimum absolute atomic E-state index is 0.000367. The van der Waals surface area contributed by atoms with Crippen molar-refractivity contribution in [3.8, 4) is 5.75 Å². The van der Waals surface area contributed by atoms with Crippen LogP contribution in [-0.4, -0.2) is 27.6 Å². The molecule has 0 unspecified atom stereocenters. The van der Waals surface area contributed by atoms with E-state index in [1.54, 1.807) is 17.0 Å². The molecule has 7 heteroatoms. The Bertz CT molecular complexity index is 947. The number of halogens is 1. The summed E-state index contributed by atoms with van der Waals surface area (Å²) < 4.78 is 7.59. The van der Waals surface area contributed by atoms with Crippen LogP contribution in [0.25, 0.3) is 0 Å². The smallest absolute Gasteiger partial charge is 0.263 e. The number of benzene rings is 1. The zero-order chi connectivity index (χ0) is 19.6. The van der Waals surface area contributed by atoms with E-state index in [-0.39, 0.29) is 5.91 Å². The van der Waals surface area contributed by atoms with Gasteiger partial charge < -0.3 is 9.64 Å². The minimum atomic E-state index is 0.000367. The van der Waals surface area contributed by atoms with Gasteiger partial charge in [-0.25, -0.2) is 0 Å². The second-order valence-corrected chi connectivity index (χ2v) is 7.84. The zero-order valence-electron chi connectivity index (χ0n) is 15.8. The summed E-state index contributed by atoms with van der Waals surface area (Å²) in [5.74, 6) is 0.749. The Morgan fingerprint density at radius 2 is 2.00 bits per heavy atom. The standard InChI is InChI=1S/C20H22ClN3O2S/c1-13-18(14(2)24(4)22-13)10-23(3)20(25)19-9-15(12-27-19)11-26-17-7-5-16(21)6-8-17/h5-9,12H,10-11H2,1-4H3. The van der Waals surface area contributed by atoms with E-state index in [0.717, 1.165) is 28.3 Å². The first kappa shape index (κ1) is 19.5. The van der Waals surface area contributed by atoms with Crippen LogP contribution in [0.1, 0.15) is 32.2 Å². The lowest BCUT2D eigenvalue weighted by Gasteiger charge is -2.16. The molecule has 5 nitrogen and oxygen atoms in total. The third-order valence-corrected chi connectivity index (χ3v) is 5.70. The van der Waals surface area contributed by atoms with E-state index < -0.39 is 0 Å². The van der Waals surface area contributed by atoms with Crippen molar-refractivity contribution < 1.29 is 9.53 Å². The van der Waals surface area contributed by atoms with E-state index in [4.69, 9.17) is 16.3 Å². The van der Waals surface area contributed by atoms with E-state index in [9.17, 15) is 4.79 Å². The predicted octanol–water partition coefficient (Wildman–Crippen LogP) is 4.60. The molecule has 1 aromatic carbocycles. The number of nitrogens with zero attached hydrogens (tertiary/aromatic N) is 3. The third kappa shape index (κ3) is 4.51. The molecular weight excluding hydrogens is 382 g/mol. The molecule has 1 amide bonds. The van der Waals surface area contributed by atoms with Gasteiger partial charge in [0.05, 0.1) is 10.6 Å². The van der Waals surface area contributed by atoms with Crippen LogP contribution in [0.5, 0.6) is 5.75 Å². The van der Waals surface area contributed by atoms with Crippen molar-refractivity contribution in [2.24, 2.45) is 7.05 Å². The van der Waals surface area contributed by atoms with Gasteiger partial charge in [0.2, 0.25) is 0 Å². The molecule has 0 bridgehead atoms. The highest BCUT2D eigenvalue weighted by atomic mass is 35.5. The second kappa shape index (κ2) is 8.15. The van der Waals surface area contributed by atoms with Crippen LogP contribution in [-0.2, 0) is 20.2 Å². The molecule has 0 fully saturated rings. The summed E-state index contributed by atoms with van der Waals surface area (Å²) in [5, 5.41) is 7.04. The summed E-state index contributed by atoms with van der Waals surface area (Å²) in [4.78, 5) is 15.2. The first-order chi connectivity index (χ1) is 12.8. The van der Waals surface area contributed by atoms with Crippen molar-refractivity contribution in [2.45, 2.75) is 27.0 Å². The SMILES string of the molecule is Cc1nn(C)c(C)c1CN(C)C(=O)c1cc(COc2ccc(Cl)cc2)cs1. The second-order valence-electron chi connectivity index (χ2n) is 6.50. The summed E-state index contributed by atoms with van der Waals surface area (Å²) in [5.41, 5.74) is 4.10. The van der Waals surface area contributed by atoms with Crippen LogP contribution in [0.15, 0.2) is 35.7 Å². The number of ether oxygens (including phenoxy) is 1. The van der Waals surface area contributed by atoms with Crippen molar-refractivity contribution >= 4 is 28.8 Å². The van der Waals surface area contributed by atoms with E-state index in [0.29, 0.717) is 23.1 Å². The maximum atomic E-state index is 12.8. The van der Waals surface area contributed by atoms with Gasteiger partial charge in [0.15, 0.2) is 0 Å². The van der Waals surface area contributed by atoms with Crippen LogP contribution in [0.2, 0.25) is 5.02 Å². The van der Waals surface area contributed by atoms with Crippen LogP contribution in [0.4, 0.5) is 0 Å². The molecule has 0 radical (unpaired) electrons. The van der Waals surface area contributed by atoms with Gasteiger partial charge in [0.25, 0.3) is 5.91 Å². The molecule has 0 spiro atoms. The molecular formula is C20H22ClN3O2S. The summed E-state index contributed by atoms with van der Waals surface area (Å²) in [6.45, 7) is 4.94. The van der Waals surface area contributed by atoms with Gasteiger partial charge in [-0.1, -0.05) is 11.6 Å². The van der Waals surface area contributed by atoms with Crippen LogP contribution in [0.3, 0.4) is 0 Å². The molecule has 2 heterocycles. The quantitative estimate of drug-likeness (QED) is 0.604. The summed E-state index contributed by atoms with van der Waals surface area (Å²) in [6.07, 6.45) is 0. The van der Waals surface area contributed by atoms with E-state index in [2.05, 4.69) is 5.10 Å². The Morgan fingerprint density at radius 1 is 1.30 bits per heavy atom. The van der Waals surface area contributed by atoms with Gasteiger partial charge >= 0.3 is 0 Å². The highest BCUT2D eigenvalue weighted by Crippen LogP contribution is 2.22. The molecule has 27 heavy (non-hydrogen) atoms. The van der Waals surface area contributed by atoms with Gasteiger partial charge in [-0.2, -0.15) is 5.10 Å². The Balaban J connectivity index is 1.62. The molecule has 142 valence electrons. The highest BCUT2D eigenvalue weighted by molar-refractivity contribution is 7.12. The molecule has 2 aromatic heterocycles. The Hall–Kier alpha value is -2.31. The fraction of sp³-hybridized carbons (Fsp3) is 0.300. The maximum Gasteiger partial charge on any atom is 0.263 e. The average molecular weight is 404 g/mol. The van der Waals surface area contributed by atoms with Crippen molar-refractivity contribution in [3.63, 3.8) is 0 Å². The highest BCUT2D eigenvalue weighted by Gasteiger charge is 2.18. The number of carbonyl (C=O) groups is 1. The molecule has 0 N–H and O–H groups in total. The summed E-state index contributed by atoms with van der Waals surface area (Å²) >= 11 is 7.31. The van der Waals surface area contributed by atoms with Gasteiger partial charge in [-0.3, -0.25) is 9.48 Å². The number of hydrogen-bond acceptors (Lipinski definition) is 4. The molecule has 0 saturated carbocycles. The van der Waals surface area contributed by atoms with Gasteiger partial charge in [0.1, 0.15) is 12.4 Å². The van der Waals surface area contributed by atoms with Gasteiger partial charge in [0, 0.05) is 42.5 Å². The van der Waals surface area contributed by atoms with Gasteiger partial charge in [-0.05, 0) is 49.6 Å². The Kier molecular flexibility index (Phi) is 5.87. The largest absolute Gasteiger partial charge is 0.489 e. The lowest BCUT2D eigenvalue weighted by Crippen LogP contribution is -2.26. The van der Waals surface area contributed by atoms with Gasteiger partial charge in [-0.15, -0.1) is 11.3 Å². The lowest BCUT2D eigenvalue weighted by atomic mass is 10.2. The molecule has 0 aliphatic heterocycles. The topological polar surface area (TPSA) is 47.4 Å². The van der Waals surface area contributed by atoms with Crippen molar-refractivity contribution in [1.29, 1.82) is 0 Å². The minimum Gasteiger partial charge on any atom is -0.489 e. The Labute approximate surface area is 168 Å². The normalized spacial score (nSPS) is 10.9. The maximum absolute atomic E-state index is 12.8. The monoisotopic (exact) mass is 403 g/mol. The van der Waals surface area contributed by atoms with Crippen molar-refractivity contribution in [1.82, 2.24) is 14.7 Å². The van der Waals surface area contributed by atoms with Crippen LogP contribution in [0, 0.1) is 13.8 Å². The lowest BCUT2D eigenvalue weighted by molar-refractivity contribution is 0.0789. The number of rotatable bonds is 6. The zero-order valence-corrected chi connectivity index (χ0v) is 17.4. The molecule has 3 aromatic rings. The first-order valence-electron chi connectivity index (χ1n) is 8.55. The molecule has 0 aliphatic carbocycles. The number of hydrogen-bond donors (Lipinski definition) is 0. The number of aryl methyl sites for hydroxylation is 2. The van der Waals surface area contributed by atoms with Crippen LogP contribution >= 0.6 is 22.9 Å². The first-order valence-corrected chi connectivity index (χ1v) is 9.81. The molecule has 0 aliphatic rings. The Morgan fingerprint density at radius 3 is 2.63 bits per heavy atom. The molecule has 0 atom stereocenters. The average Bonchev–Trinajstić information content (AvgIpc) is 3.21. The van der Waals surface area contributed by atoms with E-state index >= 15 is 0 Å². The van der Waals surface area contributed by atoms with Crippen LogP contribution < -0.4 is 4.74 Å². The molecule has 3 rings (SSSR count). The number of thiophene rings is 1. The van der Waals surface area contributed by atoms with E-state index in [1.807, 2.05) is 56.2 Å². The number of amides is 1. The predicted molar refractivity (Wildman–Crippen MR) is 109 cm³/mol. The summed E-state index contributed by atoms with van der Waals surface area (Å²) in [6, 6.07) is 9.12. The number of aromatic nitrogens is 2. The summed E-state index contributed by atoms with van der Waals surface area (Å²) in [7, 11) is 3.73. The van der Waals surface area contributed by atoms with Crippen molar-refractivity contribution in [2.75, 3.05) is 7.05 Å². The fourth-order valence-corrected chi connectivity index (χ4v) is 3.82. The third-order valence-electron chi connectivity index (χ3n) is 4.48. The van der Waals surface area contributed by atoms with E-state index in [1.165, 1.54) is 11.3 Å². The number of carbonyl (C=O) groups excluding carboxylic acids is 1. The van der Waals surface area contributed by atoms with Crippen molar-refractivity contribution in [3.05, 3.63) is 68.1 Å². The molecule has 0 saturated heterocycles. The fourth-order valence-electron chi connectivity index (χ4n) is 2.80.